The van der Waals surface area contributed by atoms with Crippen LogP contribution in [0.4, 0.5) is 0 Å². The monoisotopic (exact) mass is 271 g/mol. The third-order valence-corrected chi connectivity index (χ3v) is 3.33. The SMILES string of the molecule is CC1CN(CC(=O)NCCCOC(C)C)C(C)CN1. The largest absolute Gasteiger partial charge is 0.379 e. The van der Waals surface area contributed by atoms with Crippen molar-refractivity contribution < 1.29 is 9.53 Å². The van der Waals surface area contributed by atoms with E-state index in [1.807, 2.05) is 13.8 Å². The second kappa shape index (κ2) is 8.51. The molecular formula is C14H29N3O2. The minimum absolute atomic E-state index is 0.116. The molecule has 1 aliphatic heterocycles. The zero-order chi connectivity index (χ0) is 14.3. The minimum atomic E-state index is 0.116. The maximum Gasteiger partial charge on any atom is 0.234 e. The molecule has 1 aliphatic rings. The van der Waals surface area contributed by atoms with Gasteiger partial charge in [0.1, 0.15) is 0 Å². The Morgan fingerprint density at radius 3 is 2.89 bits per heavy atom. The fourth-order valence-corrected chi connectivity index (χ4v) is 2.18. The van der Waals surface area contributed by atoms with Gasteiger partial charge >= 0.3 is 0 Å². The first-order valence-electron chi connectivity index (χ1n) is 7.34. The van der Waals surface area contributed by atoms with E-state index in [2.05, 4.69) is 29.4 Å². The zero-order valence-electron chi connectivity index (χ0n) is 12.7. The fraction of sp³-hybridized carbons (Fsp3) is 0.929. The van der Waals surface area contributed by atoms with E-state index in [9.17, 15) is 4.79 Å². The van der Waals surface area contributed by atoms with E-state index in [1.54, 1.807) is 0 Å². The minimum Gasteiger partial charge on any atom is -0.379 e. The van der Waals surface area contributed by atoms with Crippen LogP contribution in [0.2, 0.25) is 0 Å². The molecule has 0 spiro atoms. The topological polar surface area (TPSA) is 53.6 Å². The Morgan fingerprint density at radius 2 is 2.21 bits per heavy atom. The summed E-state index contributed by atoms with van der Waals surface area (Å²) in [5.74, 6) is 0.116. The molecule has 2 unspecified atom stereocenters. The van der Waals surface area contributed by atoms with Crippen molar-refractivity contribution in [3.63, 3.8) is 0 Å². The molecule has 1 rings (SSSR count). The summed E-state index contributed by atoms with van der Waals surface area (Å²) >= 11 is 0. The van der Waals surface area contributed by atoms with Crippen molar-refractivity contribution in [1.82, 2.24) is 15.5 Å². The van der Waals surface area contributed by atoms with E-state index < -0.39 is 0 Å². The summed E-state index contributed by atoms with van der Waals surface area (Å²) in [5.41, 5.74) is 0. The number of hydrogen-bond acceptors (Lipinski definition) is 4. The van der Waals surface area contributed by atoms with Gasteiger partial charge in [-0.3, -0.25) is 9.69 Å². The molecule has 0 aromatic rings. The highest BCUT2D eigenvalue weighted by Gasteiger charge is 2.23. The Labute approximate surface area is 117 Å². The van der Waals surface area contributed by atoms with Gasteiger partial charge in [-0.15, -0.1) is 0 Å². The Balaban J connectivity index is 2.12. The lowest BCUT2D eigenvalue weighted by atomic mass is 10.1. The number of carbonyl (C=O) groups is 1. The molecule has 5 nitrogen and oxygen atoms in total. The van der Waals surface area contributed by atoms with Gasteiger partial charge in [0, 0.05) is 38.3 Å². The van der Waals surface area contributed by atoms with E-state index in [1.165, 1.54) is 0 Å². The van der Waals surface area contributed by atoms with Crippen molar-refractivity contribution in [1.29, 1.82) is 0 Å². The number of piperazine rings is 1. The van der Waals surface area contributed by atoms with Crippen molar-refractivity contribution in [3.05, 3.63) is 0 Å². The van der Waals surface area contributed by atoms with E-state index in [-0.39, 0.29) is 12.0 Å². The molecule has 1 fully saturated rings. The molecule has 0 aliphatic carbocycles. The lowest BCUT2D eigenvalue weighted by Gasteiger charge is -2.36. The van der Waals surface area contributed by atoms with Gasteiger partial charge in [-0.2, -0.15) is 0 Å². The smallest absolute Gasteiger partial charge is 0.234 e. The third-order valence-electron chi connectivity index (χ3n) is 3.33. The lowest BCUT2D eigenvalue weighted by Crippen LogP contribution is -2.56. The van der Waals surface area contributed by atoms with E-state index >= 15 is 0 Å². The average molecular weight is 271 g/mol. The van der Waals surface area contributed by atoms with Gasteiger partial charge < -0.3 is 15.4 Å². The summed E-state index contributed by atoms with van der Waals surface area (Å²) in [5, 5.41) is 6.37. The summed E-state index contributed by atoms with van der Waals surface area (Å²) in [6.07, 6.45) is 1.14. The van der Waals surface area contributed by atoms with E-state index in [0.717, 1.165) is 19.5 Å². The standard InChI is InChI=1S/C14H29N3O2/c1-11(2)19-7-5-6-15-14(18)10-17-9-12(3)16-8-13(17)4/h11-13,16H,5-10H2,1-4H3,(H,15,18). The second-order valence-corrected chi connectivity index (χ2v) is 5.71. The van der Waals surface area contributed by atoms with Gasteiger partial charge in [-0.25, -0.2) is 0 Å². The summed E-state index contributed by atoms with van der Waals surface area (Å²) in [6, 6.07) is 0.884. The van der Waals surface area contributed by atoms with Crippen LogP contribution in [0.5, 0.6) is 0 Å². The Kier molecular flexibility index (Phi) is 7.34. The Bertz CT molecular complexity index is 271. The van der Waals surface area contributed by atoms with Crippen LogP contribution in [0.1, 0.15) is 34.1 Å². The first-order chi connectivity index (χ1) is 8.99. The molecule has 2 N–H and O–H groups in total. The molecule has 0 aromatic heterocycles. The lowest BCUT2D eigenvalue weighted by molar-refractivity contribution is -0.123. The Hall–Kier alpha value is -0.650. The molecule has 0 aromatic carbocycles. The number of nitrogens with zero attached hydrogens (tertiary/aromatic N) is 1. The highest BCUT2D eigenvalue weighted by molar-refractivity contribution is 5.78. The van der Waals surface area contributed by atoms with Crippen LogP contribution in [0.15, 0.2) is 0 Å². The van der Waals surface area contributed by atoms with Crippen LogP contribution in [0.25, 0.3) is 0 Å². The van der Waals surface area contributed by atoms with Gasteiger partial charge in [-0.05, 0) is 34.1 Å². The average Bonchev–Trinajstić information content (AvgIpc) is 2.33. The maximum atomic E-state index is 11.8. The van der Waals surface area contributed by atoms with Crippen LogP contribution in [0, 0.1) is 0 Å². The van der Waals surface area contributed by atoms with E-state index in [4.69, 9.17) is 4.74 Å². The van der Waals surface area contributed by atoms with Gasteiger partial charge in [-0.1, -0.05) is 0 Å². The highest BCUT2D eigenvalue weighted by atomic mass is 16.5. The van der Waals surface area contributed by atoms with Crippen molar-refractivity contribution in [2.75, 3.05) is 32.8 Å². The van der Waals surface area contributed by atoms with Gasteiger partial charge in [0.25, 0.3) is 0 Å². The van der Waals surface area contributed by atoms with Crippen molar-refractivity contribution in [2.45, 2.75) is 52.3 Å². The molecule has 2 atom stereocenters. The van der Waals surface area contributed by atoms with Crippen molar-refractivity contribution in [3.8, 4) is 0 Å². The van der Waals surface area contributed by atoms with Crippen molar-refractivity contribution >= 4 is 5.91 Å². The summed E-state index contributed by atoms with van der Waals surface area (Å²) < 4.78 is 5.43. The molecule has 0 bridgehead atoms. The predicted molar refractivity (Wildman–Crippen MR) is 77.2 cm³/mol. The zero-order valence-corrected chi connectivity index (χ0v) is 12.7. The molecule has 112 valence electrons. The van der Waals surface area contributed by atoms with Gasteiger partial charge in [0.2, 0.25) is 5.91 Å². The second-order valence-electron chi connectivity index (χ2n) is 5.71. The fourth-order valence-electron chi connectivity index (χ4n) is 2.18. The van der Waals surface area contributed by atoms with Gasteiger partial charge in [0.15, 0.2) is 0 Å². The molecule has 19 heavy (non-hydrogen) atoms. The first-order valence-corrected chi connectivity index (χ1v) is 7.34. The van der Waals surface area contributed by atoms with Gasteiger partial charge in [0.05, 0.1) is 12.6 Å². The third kappa shape index (κ3) is 6.89. The molecule has 1 heterocycles. The number of nitrogens with one attached hydrogen (secondary N) is 2. The van der Waals surface area contributed by atoms with Crippen LogP contribution >= 0.6 is 0 Å². The van der Waals surface area contributed by atoms with Crippen molar-refractivity contribution in [2.24, 2.45) is 0 Å². The van der Waals surface area contributed by atoms with Crippen LogP contribution < -0.4 is 10.6 Å². The summed E-state index contributed by atoms with van der Waals surface area (Å²) in [6.45, 7) is 12.1. The first kappa shape index (κ1) is 16.4. The van der Waals surface area contributed by atoms with E-state index in [0.29, 0.717) is 31.8 Å². The number of ether oxygens (including phenoxy) is 1. The number of carbonyl (C=O) groups excluding carboxylic acids is 1. The molecular weight excluding hydrogens is 242 g/mol. The molecule has 5 heteroatoms. The molecule has 1 saturated heterocycles. The molecule has 0 radical (unpaired) electrons. The van der Waals surface area contributed by atoms with Crippen LogP contribution in [-0.4, -0.2) is 61.8 Å². The normalized spacial score (nSPS) is 24.7. The molecule has 0 saturated carbocycles. The van der Waals surface area contributed by atoms with Crippen LogP contribution in [-0.2, 0) is 9.53 Å². The summed E-state index contributed by atoms with van der Waals surface area (Å²) in [4.78, 5) is 14.1. The molecule has 1 amide bonds. The quantitative estimate of drug-likeness (QED) is 0.666. The summed E-state index contributed by atoms with van der Waals surface area (Å²) in [7, 11) is 0. The Morgan fingerprint density at radius 1 is 1.47 bits per heavy atom. The highest BCUT2D eigenvalue weighted by Crippen LogP contribution is 2.05. The number of hydrogen-bond donors (Lipinski definition) is 2. The predicted octanol–water partition coefficient (Wildman–Crippen LogP) is 0.600. The number of amides is 1. The maximum absolute atomic E-state index is 11.8. The van der Waals surface area contributed by atoms with Crippen LogP contribution in [0.3, 0.4) is 0 Å². The number of rotatable bonds is 7.